The number of hydrogen-bond donors (Lipinski definition) is 1. The van der Waals surface area contributed by atoms with Gasteiger partial charge < -0.3 is 38.3 Å². The minimum absolute atomic E-state index is 0.139. The van der Waals surface area contributed by atoms with Crippen LogP contribution in [-0.4, -0.2) is 53.4 Å². The van der Waals surface area contributed by atoms with Gasteiger partial charge in [-0.15, -0.1) is 0 Å². The van der Waals surface area contributed by atoms with Gasteiger partial charge in [0.15, 0.2) is 23.0 Å². The fourth-order valence-electron chi connectivity index (χ4n) is 6.10. The first-order valence-corrected chi connectivity index (χ1v) is 15.8. The molecule has 248 valence electrons. The van der Waals surface area contributed by atoms with Crippen LogP contribution in [0.25, 0.3) is 6.08 Å². The minimum Gasteiger partial charge on any atom is -0.493 e. The van der Waals surface area contributed by atoms with E-state index in [4.69, 9.17) is 33.2 Å². The van der Waals surface area contributed by atoms with Crippen molar-refractivity contribution in [2.24, 2.45) is 5.92 Å². The summed E-state index contributed by atoms with van der Waals surface area (Å²) in [4.78, 5) is 0. The third kappa shape index (κ3) is 7.50. The van der Waals surface area contributed by atoms with E-state index < -0.39 is 0 Å². The number of aliphatic hydroxyl groups excluding tert-OH is 1. The number of fused-ring (bicyclic) bond motifs is 1. The second-order valence-electron chi connectivity index (χ2n) is 11.3. The monoisotopic (exact) mass is 640 g/mol. The third-order valence-electron chi connectivity index (χ3n) is 8.35. The van der Waals surface area contributed by atoms with E-state index in [0.29, 0.717) is 60.9 Å². The van der Waals surface area contributed by atoms with Crippen molar-refractivity contribution in [2.75, 3.05) is 48.3 Å². The molecule has 0 aliphatic heterocycles. The number of aliphatic hydroxyl groups is 1. The predicted molar refractivity (Wildman–Crippen MR) is 182 cm³/mol. The molecule has 1 aliphatic carbocycles. The summed E-state index contributed by atoms with van der Waals surface area (Å²) in [5, 5.41) is 10.7. The molecule has 47 heavy (non-hydrogen) atoms. The van der Waals surface area contributed by atoms with Crippen LogP contribution in [0.5, 0.6) is 34.5 Å². The lowest BCUT2D eigenvalue weighted by molar-refractivity contribution is 0.100. The Labute approximate surface area is 277 Å². The highest BCUT2D eigenvalue weighted by atomic mass is 16.5. The predicted octanol–water partition coefficient (Wildman–Crippen LogP) is 7.44. The topological polar surface area (TPSA) is 84.8 Å². The Kier molecular flexibility index (Phi) is 11.7. The Hall–Kier alpha value is -4.66. The SMILES string of the molecule is CCCOC[C@@H]1C(CO)=Cc2cc(OC)c(OCc3ccccc3)c(OC)c2[C@H]1c1cc(OC)c(OCc2ccccc2)c(OC)c1. The molecule has 0 bridgehead atoms. The van der Waals surface area contributed by atoms with Gasteiger partial charge in [0.1, 0.15) is 13.2 Å². The first-order chi connectivity index (χ1) is 23.1. The van der Waals surface area contributed by atoms with E-state index in [1.54, 1.807) is 28.4 Å². The lowest BCUT2D eigenvalue weighted by Crippen LogP contribution is -2.28. The Morgan fingerprint density at radius 2 is 1.21 bits per heavy atom. The van der Waals surface area contributed by atoms with E-state index in [9.17, 15) is 5.11 Å². The molecule has 2 atom stereocenters. The number of hydrogen-bond acceptors (Lipinski definition) is 8. The van der Waals surface area contributed by atoms with Crippen LogP contribution in [0, 0.1) is 5.92 Å². The van der Waals surface area contributed by atoms with Crippen molar-refractivity contribution in [2.45, 2.75) is 32.5 Å². The molecule has 0 fully saturated rings. The molecule has 5 rings (SSSR count). The summed E-state index contributed by atoms with van der Waals surface area (Å²) in [7, 11) is 6.48. The number of benzene rings is 4. The Bertz CT molecular complexity index is 1610. The van der Waals surface area contributed by atoms with Gasteiger partial charge in [-0.05, 0) is 52.4 Å². The van der Waals surface area contributed by atoms with E-state index in [1.165, 1.54) is 0 Å². The molecular formula is C39H44O8. The zero-order valence-electron chi connectivity index (χ0n) is 27.8. The lowest BCUT2D eigenvalue weighted by Gasteiger charge is -2.36. The summed E-state index contributed by atoms with van der Waals surface area (Å²) in [6.45, 7) is 3.59. The van der Waals surface area contributed by atoms with Crippen molar-refractivity contribution >= 4 is 6.08 Å². The molecule has 1 aliphatic rings. The molecule has 4 aromatic carbocycles. The summed E-state index contributed by atoms with van der Waals surface area (Å²) in [5.74, 6) is 2.58. The van der Waals surface area contributed by atoms with Gasteiger partial charge in [0.25, 0.3) is 0 Å². The largest absolute Gasteiger partial charge is 0.493 e. The average molecular weight is 641 g/mol. The zero-order chi connectivity index (χ0) is 33.2. The van der Waals surface area contributed by atoms with Gasteiger partial charge in [0, 0.05) is 24.0 Å². The van der Waals surface area contributed by atoms with Crippen molar-refractivity contribution < 1.29 is 38.3 Å². The number of methoxy groups -OCH3 is 4. The van der Waals surface area contributed by atoms with Crippen molar-refractivity contribution in [3.63, 3.8) is 0 Å². The van der Waals surface area contributed by atoms with Gasteiger partial charge in [-0.25, -0.2) is 0 Å². The highest BCUT2D eigenvalue weighted by molar-refractivity contribution is 5.74. The molecular weight excluding hydrogens is 596 g/mol. The van der Waals surface area contributed by atoms with Gasteiger partial charge in [0.05, 0.1) is 41.7 Å². The molecule has 0 heterocycles. The molecule has 0 radical (unpaired) electrons. The first kappa shape index (κ1) is 33.7. The molecule has 8 heteroatoms. The Morgan fingerprint density at radius 1 is 0.660 bits per heavy atom. The maximum Gasteiger partial charge on any atom is 0.204 e. The molecule has 0 spiro atoms. The smallest absolute Gasteiger partial charge is 0.204 e. The summed E-state index contributed by atoms with van der Waals surface area (Å²) in [6, 6.07) is 25.8. The standard InChI is InChI=1S/C39H44O8/c1-6-17-45-25-31-30(22-40)18-28-19-34(43-4)38(47-24-27-15-11-8-12-16-27)39(44-5)36(28)35(31)29-20-32(41-2)37(33(21-29)42-3)46-23-26-13-9-7-10-14-26/h7-16,18-21,31,35,40H,6,17,22-25H2,1-5H3/t31-,35+/m1/s1. The van der Waals surface area contributed by atoms with E-state index in [0.717, 1.165) is 39.8 Å². The van der Waals surface area contributed by atoms with Crippen LogP contribution in [0.3, 0.4) is 0 Å². The quantitative estimate of drug-likeness (QED) is 0.127. The van der Waals surface area contributed by atoms with Crippen molar-refractivity contribution in [1.29, 1.82) is 0 Å². The maximum atomic E-state index is 10.7. The van der Waals surface area contributed by atoms with Crippen molar-refractivity contribution in [1.82, 2.24) is 0 Å². The van der Waals surface area contributed by atoms with Crippen LogP contribution < -0.4 is 28.4 Å². The molecule has 0 saturated heterocycles. The van der Waals surface area contributed by atoms with Crippen LogP contribution >= 0.6 is 0 Å². The van der Waals surface area contributed by atoms with Crippen LogP contribution in [-0.2, 0) is 18.0 Å². The highest BCUT2D eigenvalue weighted by Gasteiger charge is 2.38. The van der Waals surface area contributed by atoms with Crippen molar-refractivity contribution in [3.05, 3.63) is 112 Å². The van der Waals surface area contributed by atoms with Gasteiger partial charge in [-0.1, -0.05) is 73.7 Å². The second-order valence-corrected chi connectivity index (χ2v) is 11.3. The van der Waals surface area contributed by atoms with E-state index in [2.05, 4.69) is 6.92 Å². The second kappa shape index (κ2) is 16.3. The Morgan fingerprint density at radius 3 is 1.72 bits per heavy atom. The van der Waals surface area contributed by atoms with Gasteiger partial charge in [-0.3, -0.25) is 0 Å². The van der Waals surface area contributed by atoms with Crippen molar-refractivity contribution in [3.8, 4) is 34.5 Å². The number of rotatable bonds is 16. The van der Waals surface area contributed by atoms with E-state index in [-0.39, 0.29) is 18.4 Å². The average Bonchev–Trinajstić information content (AvgIpc) is 3.12. The normalized spacial score (nSPS) is 15.3. The summed E-state index contributed by atoms with van der Waals surface area (Å²) < 4.78 is 42.7. The van der Waals surface area contributed by atoms with Crippen LogP contribution in [0.1, 0.15) is 47.1 Å². The molecule has 0 amide bonds. The molecule has 0 saturated carbocycles. The maximum absolute atomic E-state index is 10.7. The first-order valence-electron chi connectivity index (χ1n) is 15.8. The van der Waals surface area contributed by atoms with E-state index in [1.807, 2.05) is 84.9 Å². The van der Waals surface area contributed by atoms with Crippen LogP contribution in [0.4, 0.5) is 0 Å². The van der Waals surface area contributed by atoms with Gasteiger partial charge in [-0.2, -0.15) is 0 Å². The zero-order valence-corrected chi connectivity index (χ0v) is 27.8. The minimum atomic E-state index is -0.333. The molecule has 0 unspecified atom stereocenters. The fraction of sp³-hybridized carbons (Fsp3) is 0.333. The summed E-state index contributed by atoms with van der Waals surface area (Å²) in [6.07, 6.45) is 2.88. The molecule has 1 N–H and O–H groups in total. The number of ether oxygens (including phenoxy) is 7. The summed E-state index contributed by atoms with van der Waals surface area (Å²) >= 11 is 0. The molecule has 0 aromatic heterocycles. The van der Waals surface area contributed by atoms with Crippen LogP contribution in [0.2, 0.25) is 0 Å². The van der Waals surface area contributed by atoms with Gasteiger partial charge >= 0.3 is 0 Å². The molecule has 4 aromatic rings. The fourth-order valence-corrected chi connectivity index (χ4v) is 6.10. The van der Waals surface area contributed by atoms with E-state index >= 15 is 0 Å². The lowest BCUT2D eigenvalue weighted by atomic mass is 9.71. The highest BCUT2D eigenvalue weighted by Crippen LogP contribution is 2.54. The van der Waals surface area contributed by atoms with Gasteiger partial charge in [0.2, 0.25) is 11.5 Å². The van der Waals surface area contributed by atoms with Crippen LogP contribution in [0.15, 0.2) is 84.4 Å². The summed E-state index contributed by atoms with van der Waals surface area (Å²) in [5.41, 5.74) is 5.50. The molecule has 8 nitrogen and oxygen atoms in total. The Balaban J connectivity index is 1.67. The third-order valence-corrected chi connectivity index (χ3v) is 8.35.